The average molecular weight is 197 g/mol. The van der Waals surface area contributed by atoms with Crippen LogP contribution in [0.1, 0.15) is 18.4 Å². The number of carbonyl (C=O) groups is 1. The summed E-state index contributed by atoms with van der Waals surface area (Å²) in [7, 11) is 1.74. The van der Waals surface area contributed by atoms with E-state index < -0.39 is 0 Å². The number of nitrogens with zero attached hydrogens (tertiary/aromatic N) is 2. The lowest BCUT2D eigenvalue weighted by molar-refractivity contribution is 0.210. The molecule has 1 N–H and O–H groups in total. The lowest BCUT2D eigenvalue weighted by Crippen LogP contribution is -2.36. The SMILES string of the molecule is CCN(C)C(=O)NCc1cc(C)on1. The quantitative estimate of drug-likeness (QED) is 0.790. The van der Waals surface area contributed by atoms with Gasteiger partial charge in [-0.3, -0.25) is 0 Å². The molecule has 0 spiro atoms. The number of aromatic nitrogens is 1. The van der Waals surface area contributed by atoms with Crippen molar-refractivity contribution in [1.82, 2.24) is 15.4 Å². The third-order valence-electron chi connectivity index (χ3n) is 1.92. The molecule has 0 aliphatic carbocycles. The van der Waals surface area contributed by atoms with Gasteiger partial charge in [0.05, 0.1) is 6.54 Å². The molecule has 14 heavy (non-hydrogen) atoms. The number of carbonyl (C=O) groups excluding carboxylic acids is 1. The first-order valence-corrected chi connectivity index (χ1v) is 4.54. The minimum absolute atomic E-state index is 0.104. The Bertz CT molecular complexity index is 309. The smallest absolute Gasteiger partial charge is 0.317 e. The van der Waals surface area contributed by atoms with Crippen LogP contribution in [0.2, 0.25) is 0 Å². The number of hydrogen-bond donors (Lipinski definition) is 1. The molecule has 1 aromatic rings. The van der Waals surface area contributed by atoms with Crippen molar-refractivity contribution in [2.45, 2.75) is 20.4 Å². The zero-order chi connectivity index (χ0) is 10.6. The van der Waals surface area contributed by atoms with Crippen molar-refractivity contribution < 1.29 is 9.32 Å². The van der Waals surface area contributed by atoms with Crippen LogP contribution in [0.4, 0.5) is 4.79 Å². The molecule has 0 saturated heterocycles. The van der Waals surface area contributed by atoms with Crippen LogP contribution in [0.25, 0.3) is 0 Å². The Hall–Kier alpha value is -1.52. The van der Waals surface area contributed by atoms with Crippen LogP contribution in [0.3, 0.4) is 0 Å². The predicted octanol–water partition coefficient (Wildman–Crippen LogP) is 1.14. The Balaban J connectivity index is 2.37. The molecule has 0 atom stereocenters. The van der Waals surface area contributed by atoms with Crippen LogP contribution in [0.15, 0.2) is 10.6 Å². The lowest BCUT2D eigenvalue weighted by Gasteiger charge is -2.14. The van der Waals surface area contributed by atoms with Gasteiger partial charge in [-0.25, -0.2) is 4.79 Å². The lowest BCUT2D eigenvalue weighted by atomic mass is 10.4. The molecule has 0 radical (unpaired) electrons. The van der Waals surface area contributed by atoms with E-state index in [4.69, 9.17) is 4.52 Å². The average Bonchev–Trinajstić information content (AvgIpc) is 2.59. The summed E-state index contributed by atoms with van der Waals surface area (Å²) in [5.41, 5.74) is 0.736. The molecule has 1 heterocycles. The molecule has 1 aromatic heterocycles. The summed E-state index contributed by atoms with van der Waals surface area (Å²) in [4.78, 5) is 12.9. The number of urea groups is 1. The van der Waals surface area contributed by atoms with Crippen molar-refractivity contribution >= 4 is 6.03 Å². The maximum Gasteiger partial charge on any atom is 0.317 e. The van der Waals surface area contributed by atoms with Gasteiger partial charge in [-0.2, -0.15) is 0 Å². The van der Waals surface area contributed by atoms with Crippen molar-refractivity contribution in [3.63, 3.8) is 0 Å². The fourth-order valence-corrected chi connectivity index (χ4v) is 0.946. The van der Waals surface area contributed by atoms with Gasteiger partial charge in [-0.15, -0.1) is 0 Å². The molecule has 78 valence electrons. The highest BCUT2D eigenvalue weighted by Crippen LogP contribution is 2.00. The van der Waals surface area contributed by atoms with Crippen LogP contribution >= 0.6 is 0 Å². The third-order valence-corrected chi connectivity index (χ3v) is 1.92. The number of nitrogens with one attached hydrogen (secondary N) is 1. The molecule has 5 nitrogen and oxygen atoms in total. The molecule has 0 saturated carbocycles. The number of amides is 2. The van der Waals surface area contributed by atoms with E-state index in [9.17, 15) is 4.79 Å². The Morgan fingerprint density at radius 2 is 2.43 bits per heavy atom. The minimum Gasteiger partial charge on any atom is -0.361 e. The molecule has 5 heteroatoms. The molecular weight excluding hydrogens is 182 g/mol. The van der Waals surface area contributed by atoms with Gasteiger partial charge in [0.2, 0.25) is 0 Å². The van der Waals surface area contributed by atoms with Gasteiger partial charge in [-0.1, -0.05) is 5.16 Å². The van der Waals surface area contributed by atoms with E-state index in [-0.39, 0.29) is 6.03 Å². The van der Waals surface area contributed by atoms with Crippen molar-refractivity contribution in [3.05, 3.63) is 17.5 Å². The second-order valence-corrected chi connectivity index (χ2v) is 3.10. The first-order valence-electron chi connectivity index (χ1n) is 4.54. The summed E-state index contributed by atoms with van der Waals surface area (Å²) >= 11 is 0. The summed E-state index contributed by atoms with van der Waals surface area (Å²) in [6.45, 7) is 4.82. The summed E-state index contributed by atoms with van der Waals surface area (Å²) in [5.74, 6) is 0.748. The van der Waals surface area contributed by atoms with Gasteiger partial charge < -0.3 is 14.7 Å². The van der Waals surface area contributed by atoms with E-state index in [1.54, 1.807) is 18.0 Å². The zero-order valence-electron chi connectivity index (χ0n) is 8.70. The predicted molar refractivity (Wildman–Crippen MR) is 51.8 cm³/mol. The van der Waals surface area contributed by atoms with E-state index in [1.165, 1.54) is 0 Å². The highest BCUT2D eigenvalue weighted by Gasteiger charge is 2.06. The van der Waals surface area contributed by atoms with Crippen LogP contribution in [0, 0.1) is 6.92 Å². The van der Waals surface area contributed by atoms with Crippen molar-refractivity contribution in [2.24, 2.45) is 0 Å². The van der Waals surface area contributed by atoms with E-state index >= 15 is 0 Å². The number of hydrogen-bond acceptors (Lipinski definition) is 3. The Kier molecular flexibility index (Phi) is 3.50. The van der Waals surface area contributed by atoms with E-state index in [2.05, 4.69) is 10.5 Å². The topological polar surface area (TPSA) is 58.4 Å². The van der Waals surface area contributed by atoms with Gasteiger partial charge in [-0.05, 0) is 13.8 Å². The molecular formula is C9H15N3O2. The van der Waals surface area contributed by atoms with Crippen molar-refractivity contribution in [2.75, 3.05) is 13.6 Å². The normalized spacial score (nSPS) is 9.93. The minimum atomic E-state index is -0.104. The van der Waals surface area contributed by atoms with Crippen molar-refractivity contribution in [1.29, 1.82) is 0 Å². The Morgan fingerprint density at radius 3 is 2.93 bits per heavy atom. The third kappa shape index (κ3) is 2.76. The summed E-state index contributed by atoms with van der Waals surface area (Å²) in [6.07, 6.45) is 0. The first-order chi connectivity index (χ1) is 6.63. The van der Waals surface area contributed by atoms with E-state index in [0.717, 1.165) is 11.5 Å². The molecule has 0 fully saturated rings. The standard InChI is InChI=1S/C9H15N3O2/c1-4-12(3)9(13)10-6-8-5-7(2)14-11-8/h5H,4,6H2,1-3H3,(H,10,13). The highest BCUT2D eigenvalue weighted by molar-refractivity contribution is 5.73. The molecule has 1 rings (SSSR count). The van der Waals surface area contributed by atoms with Crippen LogP contribution in [-0.2, 0) is 6.54 Å². The summed E-state index contributed by atoms with van der Waals surface area (Å²) < 4.78 is 4.87. The van der Waals surface area contributed by atoms with Crippen LogP contribution in [0.5, 0.6) is 0 Å². The summed E-state index contributed by atoms with van der Waals surface area (Å²) in [5, 5.41) is 6.49. The molecule has 2 amide bonds. The molecule has 0 aliphatic rings. The van der Waals surface area contributed by atoms with Gasteiger partial charge in [0, 0.05) is 19.7 Å². The van der Waals surface area contributed by atoms with Gasteiger partial charge in [0.1, 0.15) is 11.5 Å². The van der Waals surface area contributed by atoms with Crippen molar-refractivity contribution in [3.8, 4) is 0 Å². The van der Waals surface area contributed by atoms with E-state index in [0.29, 0.717) is 13.1 Å². The second kappa shape index (κ2) is 4.64. The maximum absolute atomic E-state index is 11.3. The monoisotopic (exact) mass is 197 g/mol. The summed E-state index contributed by atoms with van der Waals surface area (Å²) in [6, 6.07) is 1.69. The highest BCUT2D eigenvalue weighted by atomic mass is 16.5. The van der Waals surface area contributed by atoms with Gasteiger partial charge in [0.15, 0.2) is 0 Å². The molecule has 0 unspecified atom stereocenters. The van der Waals surface area contributed by atoms with Crippen LogP contribution in [-0.4, -0.2) is 29.7 Å². The molecule has 0 aromatic carbocycles. The largest absolute Gasteiger partial charge is 0.361 e. The Labute approximate surface area is 83.1 Å². The fourth-order valence-electron chi connectivity index (χ4n) is 0.946. The van der Waals surface area contributed by atoms with Gasteiger partial charge in [0.25, 0.3) is 0 Å². The second-order valence-electron chi connectivity index (χ2n) is 3.10. The fraction of sp³-hybridized carbons (Fsp3) is 0.556. The number of rotatable bonds is 3. The van der Waals surface area contributed by atoms with Gasteiger partial charge >= 0.3 is 6.03 Å². The van der Waals surface area contributed by atoms with Crippen LogP contribution < -0.4 is 5.32 Å². The number of aryl methyl sites for hydroxylation is 1. The maximum atomic E-state index is 11.3. The van der Waals surface area contributed by atoms with E-state index in [1.807, 2.05) is 13.8 Å². The molecule has 0 bridgehead atoms. The Morgan fingerprint density at radius 1 is 1.71 bits per heavy atom. The zero-order valence-corrected chi connectivity index (χ0v) is 8.70. The first kappa shape index (κ1) is 10.6. The molecule has 0 aliphatic heterocycles.